The predicted molar refractivity (Wildman–Crippen MR) is 129 cm³/mol. The smallest absolute Gasteiger partial charge is 0.243 e. The van der Waals surface area contributed by atoms with E-state index in [1.807, 2.05) is 33.8 Å². The predicted octanol–water partition coefficient (Wildman–Crippen LogP) is 3.70. The molecular formula is C25H41N3O3S. The minimum Gasteiger partial charge on any atom is -0.356 e. The highest BCUT2D eigenvalue weighted by Crippen LogP contribution is 2.31. The third kappa shape index (κ3) is 5.91. The van der Waals surface area contributed by atoms with Crippen LogP contribution in [-0.2, 0) is 14.8 Å². The average molecular weight is 464 g/mol. The van der Waals surface area contributed by atoms with Gasteiger partial charge in [0.15, 0.2) is 0 Å². The van der Waals surface area contributed by atoms with Crippen molar-refractivity contribution in [3.8, 4) is 0 Å². The number of carbonyl (C=O) groups excluding carboxylic acids is 1. The Morgan fingerprint density at radius 3 is 2.06 bits per heavy atom. The van der Waals surface area contributed by atoms with Crippen LogP contribution in [0, 0.1) is 33.6 Å². The SMILES string of the molecule is Cc1cc(C)c(C)c(S(=O)(=O)N2CCC(C(=O)NCCCN3CCCCCC3)CC2)c1C. The Morgan fingerprint density at radius 2 is 1.50 bits per heavy atom. The average Bonchev–Trinajstić information content (AvgIpc) is 3.04. The maximum atomic E-state index is 13.4. The molecule has 1 aromatic rings. The van der Waals surface area contributed by atoms with Gasteiger partial charge in [-0.05, 0) is 102 Å². The molecule has 0 atom stereocenters. The summed E-state index contributed by atoms with van der Waals surface area (Å²) in [5.41, 5.74) is 3.66. The van der Waals surface area contributed by atoms with Crippen molar-refractivity contribution in [2.45, 2.75) is 77.5 Å². The summed E-state index contributed by atoms with van der Waals surface area (Å²) in [7, 11) is -3.56. The van der Waals surface area contributed by atoms with Gasteiger partial charge in [-0.15, -0.1) is 0 Å². The summed E-state index contributed by atoms with van der Waals surface area (Å²) in [6, 6.07) is 2.05. The molecule has 1 amide bonds. The normalized spacial score (nSPS) is 19.6. The van der Waals surface area contributed by atoms with E-state index in [1.54, 1.807) is 4.31 Å². The van der Waals surface area contributed by atoms with Crippen LogP contribution in [0.4, 0.5) is 0 Å². The Bertz CT molecular complexity index is 871. The molecular weight excluding hydrogens is 422 g/mol. The van der Waals surface area contributed by atoms with E-state index in [0.717, 1.165) is 35.2 Å². The summed E-state index contributed by atoms with van der Waals surface area (Å²) < 4.78 is 28.4. The van der Waals surface area contributed by atoms with Gasteiger partial charge in [0, 0.05) is 25.6 Å². The quantitative estimate of drug-likeness (QED) is 0.626. The van der Waals surface area contributed by atoms with Gasteiger partial charge in [-0.3, -0.25) is 4.79 Å². The Labute approximate surface area is 194 Å². The first-order chi connectivity index (χ1) is 15.2. The maximum absolute atomic E-state index is 13.4. The number of sulfonamides is 1. The van der Waals surface area contributed by atoms with Gasteiger partial charge in [0.05, 0.1) is 4.90 Å². The highest BCUT2D eigenvalue weighted by atomic mass is 32.2. The zero-order chi connectivity index (χ0) is 23.3. The second-order valence-electron chi connectivity index (χ2n) is 9.67. The van der Waals surface area contributed by atoms with E-state index in [-0.39, 0.29) is 11.8 Å². The largest absolute Gasteiger partial charge is 0.356 e. The Balaban J connectivity index is 1.50. The van der Waals surface area contributed by atoms with E-state index in [9.17, 15) is 13.2 Å². The van der Waals surface area contributed by atoms with E-state index in [0.29, 0.717) is 37.4 Å². The lowest BCUT2D eigenvalue weighted by atomic mass is 9.97. The van der Waals surface area contributed by atoms with Crippen LogP contribution in [0.1, 0.15) is 67.2 Å². The summed E-state index contributed by atoms with van der Waals surface area (Å²) in [4.78, 5) is 15.6. The van der Waals surface area contributed by atoms with Crippen LogP contribution < -0.4 is 5.32 Å². The summed E-state index contributed by atoms with van der Waals surface area (Å²) in [6.45, 7) is 12.6. The van der Waals surface area contributed by atoms with Crippen LogP contribution in [0.25, 0.3) is 0 Å². The van der Waals surface area contributed by atoms with Gasteiger partial charge < -0.3 is 10.2 Å². The summed E-state index contributed by atoms with van der Waals surface area (Å²) in [5, 5.41) is 3.09. The third-order valence-electron chi connectivity index (χ3n) is 7.37. The number of piperidine rings is 1. The highest BCUT2D eigenvalue weighted by molar-refractivity contribution is 7.89. The Morgan fingerprint density at radius 1 is 0.938 bits per heavy atom. The standard InChI is InChI=1S/C25H41N3O3S/c1-19-18-20(2)22(4)24(21(19)3)32(30,31)28-16-10-23(11-17-28)25(29)26-12-9-15-27-13-7-5-6-8-14-27/h18,23H,5-17H2,1-4H3,(H,26,29). The fourth-order valence-corrected chi connectivity index (χ4v) is 7.12. The van der Waals surface area contributed by atoms with Crippen molar-refractivity contribution in [2.75, 3.05) is 39.3 Å². The van der Waals surface area contributed by atoms with Crippen molar-refractivity contribution in [3.63, 3.8) is 0 Å². The van der Waals surface area contributed by atoms with E-state index >= 15 is 0 Å². The molecule has 0 aromatic heterocycles. The molecule has 2 aliphatic rings. The lowest BCUT2D eigenvalue weighted by molar-refractivity contribution is -0.126. The molecule has 7 heteroatoms. The molecule has 0 unspecified atom stereocenters. The van der Waals surface area contributed by atoms with E-state index < -0.39 is 10.0 Å². The first-order valence-electron chi connectivity index (χ1n) is 12.3. The number of benzene rings is 1. The van der Waals surface area contributed by atoms with Crippen LogP contribution in [0.2, 0.25) is 0 Å². The fraction of sp³-hybridized carbons (Fsp3) is 0.720. The van der Waals surface area contributed by atoms with Crippen LogP contribution in [0.5, 0.6) is 0 Å². The molecule has 2 saturated heterocycles. The van der Waals surface area contributed by atoms with Crippen LogP contribution in [0.15, 0.2) is 11.0 Å². The van der Waals surface area contributed by atoms with Gasteiger partial charge in [0.1, 0.15) is 0 Å². The number of carbonyl (C=O) groups is 1. The number of aryl methyl sites for hydroxylation is 2. The van der Waals surface area contributed by atoms with Crippen molar-refractivity contribution in [3.05, 3.63) is 28.3 Å². The molecule has 0 spiro atoms. The van der Waals surface area contributed by atoms with Crippen molar-refractivity contribution in [1.29, 1.82) is 0 Å². The molecule has 0 aliphatic carbocycles. The molecule has 2 fully saturated rings. The van der Waals surface area contributed by atoms with Crippen LogP contribution >= 0.6 is 0 Å². The van der Waals surface area contributed by atoms with E-state index in [1.165, 1.54) is 38.8 Å². The van der Waals surface area contributed by atoms with E-state index in [2.05, 4.69) is 10.2 Å². The van der Waals surface area contributed by atoms with Gasteiger partial charge in [-0.1, -0.05) is 18.9 Å². The molecule has 2 aliphatic heterocycles. The first kappa shape index (κ1) is 25.2. The Hall–Kier alpha value is -1.44. The van der Waals surface area contributed by atoms with Crippen LogP contribution in [0.3, 0.4) is 0 Å². The lowest BCUT2D eigenvalue weighted by Crippen LogP contribution is -2.43. The lowest BCUT2D eigenvalue weighted by Gasteiger charge is -2.32. The number of hydrogen-bond donors (Lipinski definition) is 1. The van der Waals surface area contributed by atoms with Crippen molar-refractivity contribution in [2.24, 2.45) is 5.92 Å². The van der Waals surface area contributed by atoms with Gasteiger partial charge in [0.2, 0.25) is 15.9 Å². The molecule has 0 bridgehead atoms. The number of likely N-dealkylation sites (tertiary alicyclic amines) is 1. The van der Waals surface area contributed by atoms with Crippen molar-refractivity contribution in [1.82, 2.24) is 14.5 Å². The molecule has 6 nitrogen and oxygen atoms in total. The summed E-state index contributed by atoms with van der Waals surface area (Å²) in [6.07, 6.45) is 7.39. The second-order valence-corrected chi connectivity index (χ2v) is 11.5. The monoisotopic (exact) mass is 463 g/mol. The molecule has 180 valence electrons. The summed E-state index contributed by atoms with van der Waals surface area (Å²) in [5.74, 6) is -0.0160. The number of nitrogens with zero attached hydrogens (tertiary/aromatic N) is 2. The molecule has 2 heterocycles. The van der Waals surface area contributed by atoms with Crippen molar-refractivity contribution >= 4 is 15.9 Å². The zero-order valence-corrected chi connectivity index (χ0v) is 21.2. The molecule has 3 rings (SSSR count). The molecule has 32 heavy (non-hydrogen) atoms. The van der Waals surface area contributed by atoms with Gasteiger partial charge >= 0.3 is 0 Å². The zero-order valence-electron chi connectivity index (χ0n) is 20.4. The first-order valence-corrected chi connectivity index (χ1v) is 13.7. The number of hydrogen-bond acceptors (Lipinski definition) is 4. The van der Waals surface area contributed by atoms with E-state index in [4.69, 9.17) is 0 Å². The minimum atomic E-state index is -3.56. The minimum absolute atomic E-state index is 0.0803. The molecule has 1 N–H and O–H groups in total. The van der Waals surface area contributed by atoms with Crippen molar-refractivity contribution < 1.29 is 13.2 Å². The van der Waals surface area contributed by atoms with Gasteiger partial charge in [-0.2, -0.15) is 4.31 Å². The van der Waals surface area contributed by atoms with Gasteiger partial charge in [0.25, 0.3) is 0 Å². The summed E-state index contributed by atoms with van der Waals surface area (Å²) >= 11 is 0. The number of amides is 1. The van der Waals surface area contributed by atoms with Gasteiger partial charge in [-0.25, -0.2) is 8.42 Å². The van der Waals surface area contributed by atoms with Crippen LogP contribution in [-0.4, -0.2) is 62.8 Å². The number of rotatable bonds is 7. The molecule has 0 saturated carbocycles. The second kappa shape index (κ2) is 11.1. The topological polar surface area (TPSA) is 69.7 Å². The Kier molecular flexibility index (Phi) is 8.75. The highest BCUT2D eigenvalue weighted by Gasteiger charge is 2.34. The molecule has 0 radical (unpaired) electrons. The fourth-order valence-electron chi connectivity index (χ4n) is 5.07. The molecule has 1 aromatic carbocycles. The maximum Gasteiger partial charge on any atom is 0.243 e. The third-order valence-corrected chi connectivity index (χ3v) is 9.54. The number of nitrogens with one attached hydrogen (secondary N) is 1.